The van der Waals surface area contributed by atoms with Gasteiger partial charge in [0, 0.05) is 19.5 Å². The Hall–Kier alpha value is -1.16. The highest BCUT2D eigenvalue weighted by atomic mass is 16.5. The molecule has 1 aliphatic carbocycles. The Labute approximate surface area is 102 Å². The van der Waals surface area contributed by atoms with Crippen LogP contribution in [0.5, 0.6) is 0 Å². The summed E-state index contributed by atoms with van der Waals surface area (Å²) in [5.41, 5.74) is 1.10. The van der Waals surface area contributed by atoms with Gasteiger partial charge in [0.25, 0.3) is 0 Å². The van der Waals surface area contributed by atoms with E-state index in [1.54, 1.807) is 6.08 Å². The first-order valence-electron chi connectivity index (χ1n) is 6.20. The zero-order valence-electron chi connectivity index (χ0n) is 10.4. The maximum Gasteiger partial charge on any atom is 0.310 e. The van der Waals surface area contributed by atoms with Crippen LogP contribution in [-0.4, -0.2) is 43.4 Å². The molecular weight excluding hydrogens is 218 g/mol. The van der Waals surface area contributed by atoms with Gasteiger partial charge in [-0.05, 0) is 38.0 Å². The number of rotatable bonds is 2. The van der Waals surface area contributed by atoms with Crippen LogP contribution in [0.15, 0.2) is 11.6 Å². The number of ether oxygens (including phenoxy) is 1. The number of allylic oxidation sites excluding steroid dienone is 1. The summed E-state index contributed by atoms with van der Waals surface area (Å²) in [7, 11) is 1.97. The number of hydrogen-bond acceptors (Lipinski definition) is 4. The van der Waals surface area contributed by atoms with Crippen LogP contribution in [0.25, 0.3) is 0 Å². The van der Waals surface area contributed by atoms with Crippen molar-refractivity contribution in [3.63, 3.8) is 0 Å². The fourth-order valence-corrected chi connectivity index (χ4v) is 2.82. The van der Waals surface area contributed by atoms with Crippen LogP contribution in [0.3, 0.4) is 0 Å². The Balaban J connectivity index is 2.19. The lowest BCUT2D eigenvalue weighted by Crippen LogP contribution is -2.45. The molecule has 0 spiro atoms. The van der Waals surface area contributed by atoms with E-state index in [-0.39, 0.29) is 23.6 Å². The zero-order valence-corrected chi connectivity index (χ0v) is 10.4. The second-order valence-corrected chi connectivity index (χ2v) is 4.89. The molecular formula is C13H19NO3. The summed E-state index contributed by atoms with van der Waals surface area (Å²) >= 11 is 0. The maximum absolute atomic E-state index is 11.9. The number of likely N-dealkylation sites (N-methyl/N-ethyl adjacent to an activating group) is 1. The van der Waals surface area contributed by atoms with E-state index in [4.69, 9.17) is 4.74 Å². The van der Waals surface area contributed by atoms with E-state index in [2.05, 4.69) is 4.90 Å². The van der Waals surface area contributed by atoms with Crippen molar-refractivity contribution in [3.05, 3.63) is 11.6 Å². The molecule has 1 fully saturated rings. The molecule has 0 aromatic heterocycles. The van der Waals surface area contributed by atoms with Crippen molar-refractivity contribution in [1.82, 2.24) is 4.90 Å². The molecule has 0 N–H and O–H groups in total. The van der Waals surface area contributed by atoms with Gasteiger partial charge in [-0.15, -0.1) is 0 Å². The molecule has 0 aromatic carbocycles. The summed E-state index contributed by atoms with van der Waals surface area (Å²) < 4.78 is 5.13. The molecule has 0 unspecified atom stereocenters. The van der Waals surface area contributed by atoms with Crippen molar-refractivity contribution < 1.29 is 14.3 Å². The standard InChI is InChI=1S/C13H19NO3/c1-3-17-13(16)12-8-14(2)7-9-6-10(15)4-5-11(9)12/h6,11-12H,3-5,7-8H2,1-2H3/t11-,12+/m1/s1. The van der Waals surface area contributed by atoms with E-state index in [9.17, 15) is 9.59 Å². The SMILES string of the molecule is CCOC(=O)[C@H]1CN(C)CC2=CC(=O)CC[C@H]21. The van der Waals surface area contributed by atoms with Gasteiger partial charge in [0.05, 0.1) is 12.5 Å². The van der Waals surface area contributed by atoms with Gasteiger partial charge in [-0.2, -0.15) is 0 Å². The molecule has 1 saturated heterocycles. The van der Waals surface area contributed by atoms with Gasteiger partial charge in [0.2, 0.25) is 0 Å². The second kappa shape index (κ2) is 5.00. The normalized spacial score (nSPS) is 29.5. The highest BCUT2D eigenvalue weighted by Crippen LogP contribution is 2.35. The molecule has 2 atom stereocenters. The van der Waals surface area contributed by atoms with Crippen LogP contribution in [-0.2, 0) is 14.3 Å². The number of hydrogen-bond donors (Lipinski definition) is 0. The van der Waals surface area contributed by atoms with E-state index in [0.717, 1.165) is 25.1 Å². The molecule has 94 valence electrons. The van der Waals surface area contributed by atoms with Crippen LogP contribution in [0.1, 0.15) is 19.8 Å². The molecule has 0 bridgehead atoms. The number of piperidine rings is 1. The van der Waals surface area contributed by atoms with Crippen molar-refractivity contribution in [2.75, 3.05) is 26.7 Å². The van der Waals surface area contributed by atoms with Crippen molar-refractivity contribution in [2.45, 2.75) is 19.8 Å². The van der Waals surface area contributed by atoms with Crippen LogP contribution in [0.4, 0.5) is 0 Å². The van der Waals surface area contributed by atoms with Gasteiger partial charge in [-0.1, -0.05) is 0 Å². The first-order valence-corrected chi connectivity index (χ1v) is 6.20. The summed E-state index contributed by atoms with van der Waals surface area (Å²) in [5.74, 6) is 0.175. The van der Waals surface area contributed by atoms with Gasteiger partial charge in [0.1, 0.15) is 0 Å². The van der Waals surface area contributed by atoms with E-state index in [0.29, 0.717) is 13.0 Å². The lowest BCUT2D eigenvalue weighted by atomic mass is 9.75. The van der Waals surface area contributed by atoms with Crippen molar-refractivity contribution >= 4 is 11.8 Å². The van der Waals surface area contributed by atoms with E-state index in [1.165, 1.54) is 0 Å². The quantitative estimate of drug-likeness (QED) is 0.673. The fourth-order valence-electron chi connectivity index (χ4n) is 2.82. The van der Waals surface area contributed by atoms with E-state index < -0.39 is 0 Å². The molecule has 0 amide bonds. The minimum atomic E-state index is -0.121. The lowest BCUT2D eigenvalue weighted by Gasteiger charge is -2.39. The van der Waals surface area contributed by atoms with Crippen LogP contribution in [0.2, 0.25) is 0 Å². The smallest absolute Gasteiger partial charge is 0.310 e. The number of carbonyl (C=O) groups excluding carboxylic acids is 2. The summed E-state index contributed by atoms with van der Waals surface area (Å²) in [6, 6.07) is 0. The van der Waals surface area contributed by atoms with Crippen LogP contribution in [0, 0.1) is 11.8 Å². The lowest BCUT2D eigenvalue weighted by molar-refractivity contribution is -0.151. The Kier molecular flexibility index (Phi) is 3.62. The molecule has 1 heterocycles. The molecule has 17 heavy (non-hydrogen) atoms. The number of carbonyl (C=O) groups is 2. The largest absolute Gasteiger partial charge is 0.466 e. The Morgan fingerprint density at radius 2 is 2.35 bits per heavy atom. The molecule has 2 rings (SSSR count). The predicted molar refractivity (Wildman–Crippen MR) is 63.4 cm³/mol. The second-order valence-electron chi connectivity index (χ2n) is 4.89. The molecule has 1 aliphatic heterocycles. The highest BCUT2D eigenvalue weighted by molar-refractivity contribution is 5.91. The van der Waals surface area contributed by atoms with Crippen molar-refractivity contribution in [1.29, 1.82) is 0 Å². The van der Waals surface area contributed by atoms with E-state index in [1.807, 2.05) is 14.0 Å². The average molecular weight is 237 g/mol. The minimum absolute atomic E-state index is 0.104. The minimum Gasteiger partial charge on any atom is -0.466 e. The van der Waals surface area contributed by atoms with Gasteiger partial charge < -0.3 is 9.64 Å². The number of likely N-dealkylation sites (tertiary alicyclic amines) is 1. The van der Waals surface area contributed by atoms with Crippen molar-refractivity contribution in [3.8, 4) is 0 Å². The zero-order chi connectivity index (χ0) is 12.4. The van der Waals surface area contributed by atoms with Crippen LogP contribution >= 0.6 is 0 Å². The van der Waals surface area contributed by atoms with Crippen molar-refractivity contribution in [2.24, 2.45) is 11.8 Å². The molecule has 0 aromatic rings. The highest BCUT2D eigenvalue weighted by Gasteiger charge is 2.38. The Morgan fingerprint density at radius 3 is 3.06 bits per heavy atom. The molecule has 0 radical (unpaired) electrons. The maximum atomic E-state index is 11.9. The summed E-state index contributed by atoms with van der Waals surface area (Å²) in [4.78, 5) is 25.4. The molecule has 2 aliphatic rings. The monoisotopic (exact) mass is 237 g/mol. The van der Waals surface area contributed by atoms with Crippen LogP contribution < -0.4 is 0 Å². The summed E-state index contributed by atoms with van der Waals surface area (Å²) in [6.07, 6.45) is 3.09. The van der Waals surface area contributed by atoms with Gasteiger partial charge in [0.15, 0.2) is 5.78 Å². The first-order chi connectivity index (χ1) is 8.11. The predicted octanol–water partition coefficient (Wildman–Crippen LogP) is 1.02. The van der Waals surface area contributed by atoms with E-state index >= 15 is 0 Å². The number of fused-ring (bicyclic) bond motifs is 1. The molecule has 4 heteroatoms. The van der Waals surface area contributed by atoms with Gasteiger partial charge in [-0.25, -0.2) is 0 Å². The molecule has 0 saturated carbocycles. The van der Waals surface area contributed by atoms with Gasteiger partial charge >= 0.3 is 5.97 Å². The Bertz CT molecular complexity index is 362. The molecule has 4 nitrogen and oxygen atoms in total. The first kappa shape index (κ1) is 12.3. The third-order valence-electron chi connectivity index (χ3n) is 3.56. The fraction of sp³-hybridized carbons (Fsp3) is 0.692. The average Bonchev–Trinajstić information content (AvgIpc) is 2.27. The summed E-state index contributed by atoms with van der Waals surface area (Å²) in [5, 5.41) is 0. The van der Waals surface area contributed by atoms with Gasteiger partial charge in [-0.3, -0.25) is 9.59 Å². The topological polar surface area (TPSA) is 46.6 Å². The number of ketones is 1. The summed E-state index contributed by atoms with van der Waals surface area (Å²) in [6.45, 7) is 3.77. The third-order valence-corrected chi connectivity index (χ3v) is 3.56. The number of esters is 1. The third kappa shape index (κ3) is 2.57. The number of nitrogens with zero attached hydrogens (tertiary/aromatic N) is 1. The Morgan fingerprint density at radius 1 is 1.59 bits per heavy atom.